The predicted octanol–water partition coefficient (Wildman–Crippen LogP) is 1.72. The Kier molecular flexibility index (Phi) is 2.70. The lowest BCUT2D eigenvalue weighted by Gasteiger charge is -2.33. The Hall–Kier alpha value is -0.860. The zero-order valence-electron chi connectivity index (χ0n) is 10.00. The van der Waals surface area contributed by atoms with Gasteiger partial charge in [0.1, 0.15) is 0 Å². The molecule has 1 atom stereocenters. The van der Waals surface area contributed by atoms with Crippen LogP contribution in [0.1, 0.15) is 23.1 Å². The van der Waals surface area contributed by atoms with Crippen LogP contribution in [0, 0.1) is 6.92 Å². The smallest absolute Gasteiger partial charge is 0.0240 e. The molecule has 1 fully saturated rings. The molecule has 3 rings (SSSR count). The summed E-state index contributed by atoms with van der Waals surface area (Å²) in [4.78, 5) is 2.65. The number of rotatable bonds is 1. The van der Waals surface area contributed by atoms with Crippen molar-refractivity contribution in [3.63, 3.8) is 0 Å². The van der Waals surface area contributed by atoms with Gasteiger partial charge < -0.3 is 5.32 Å². The van der Waals surface area contributed by atoms with Crippen molar-refractivity contribution in [1.82, 2.24) is 10.2 Å². The first-order chi connectivity index (χ1) is 7.83. The molecule has 0 spiro atoms. The van der Waals surface area contributed by atoms with E-state index >= 15 is 0 Å². The van der Waals surface area contributed by atoms with Crippen LogP contribution in [0.5, 0.6) is 0 Å². The van der Waals surface area contributed by atoms with Crippen LogP contribution in [0.15, 0.2) is 18.2 Å². The van der Waals surface area contributed by atoms with Crippen LogP contribution in [-0.4, -0.2) is 30.6 Å². The Bertz CT molecular complexity index is 380. The van der Waals surface area contributed by atoms with Gasteiger partial charge >= 0.3 is 0 Å². The van der Waals surface area contributed by atoms with Gasteiger partial charge in [-0.05, 0) is 37.4 Å². The molecule has 0 aromatic heterocycles. The van der Waals surface area contributed by atoms with E-state index in [2.05, 4.69) is 35.3 Å². The van der Waals surface area contributed by atoms with E-state index in [4.69, 9.17) is 0 Å². The lowest BCUT2D eigenvalue weighted by molar-refractivity contribution is 0.190. The van der Waals surface area contributed by atoms with E-state index in [1.807, 2.05) is 0 Å². The molecule has 0 saturated carbocycles. The number of nitrogens with zero attached hydrogens (tertiary/aromatic N) is 1. The molecule has 0 bridgehead atoms. The van der Waals surface area contributed by atoms with E-state index in [-0.39, 0.29) is 0 Å². The molecule has 0 amide bonds. The SMILES string of the molecule is Cc1ccc2c(c1)CCN(C1CCNC1)C2. The van der Waals surface area contributed by atoms with Crippen LogP contribution in [0.25, 0.3) is 0 Å². The lowest BCUT2D eigenvalue weighted by Crippen LogP contribution is -2.40. The van der Waals surface area contributed by atoms with Crippen LogP contribution < -0.4 is 5.32 Å². The van der Waals surface area contributed by atoms with Gasteiger partial charge in [0, 0.05) is 25.7 Å². The summed E-state index contributed by atoms with van der Waals surface area (Å²) in [6.45, 7) is 6.96. The average molecular weight is 216 g/mol. The zero-order chi connectivity index (χ0) is 11.0. The van der Waals surface area contributed by atoms with E-state index in [1.165, 1.54) is 38.0 Å². The molecule has 1 aromatic rings. The quantitative estimate of drug-likeness (QED) is 0.769. The molecule has 1 N–H and O–H groups in total. The molecule has 16 heavy (non-hydrogen) atoms. The molecule has 1 saturated heterocycles. The molecule has 0 aliphatic carbocycles. The highest BCUT2D eigenvalue weighted by molar-refractivity contribution is 5.33. The van der Waals surface area contributed by atoms with Crippen LogP contribution in [0.3, 0.4) is 0 Å². The maximum absolute atomic E-state index is 3.46. The number of hydrogen-bond acceptors (Lipinski definition) is 2. The monoisotopic (exact) mass is 216 g/mol. The first kappa shape index (κ1) is 10.3. The molecule has 0 radical (unpaired) electrons. The van der Waals surface area contributed by atoms with Crippen molar-refractivity contribution in [1.29, 1.82) is 0 Å². The van der Waals surface area contributed by atoms with Crippen molar-refractivity contribution in [3.05, 3.63) is 34.9 Å². The van der Waals surface area contributed by atoms with E-state index in [0.717, 1.165) is 12.6 Å². The summed E-state index contributed by atoms with van der Waals surface area (Å²) in [5, 5.41) is 3.46. The molecule has 1 unspecified atom stereocenters. The average Bonchev–Trinajstić information content (AvgIpc) is 2.82. The molecule has 86 valence electrons. The Morgan fingerprint density at radius 2 is 2.25 bits per heavy atom. The molecule has 1 aromatic carbocycles. The van der Waals surface area contributed by atoms with Gasteiger partial charge in [-0.1, -0.05) is 23.8 Å². The lowest BCUT2D eigenvalue weighted by atomic mass is 9.96. The van der Waals surface area contributed by atoms with Crippen molar-refractivity contribution >= 4 is 0 Å². The van der Waals surface area contributed by atoms with E-state index in [0.29, 0.717) is 0 Å². The highest BCUT2D eigenvalue weighted by Gasteiger charge is 2.25. The highest BCUT2D eigenvalue weighted by atomic mass is 15.2. The van der Waals surface area contributed by atoms with Gasteiger partial charge in [-0.2, -0.15) is 0 Å². The summed E-state index contributed by atoms with van der Waals surface area (Å²) >= 11 is 0. The second-order valence-electron chi connectivity index (χ2n) is 5.14. The fourth-order valence-corrected chi connectivity index (χ4v) is 2.97. The molecule has 2 heterocycles. The Labute approximate surface area is 97.6 Å². The van der Waals surface area contributed by atoms with Gasteiger partial charge in [0.05, 0.1) is 0 Å². The number of hydrogen-bond donors (Lipinski definition) is 1. The summed E-state index contributed by atoms with van der Waals surface area (Å²) in [5.41, 5.74) is 4.51. The summed E-state index contributed by atoms with van der Waals surface area (Å²) in [5.74, 6) is 0. The number of benzene rings is 1. The molecule has 2 aliphatic rings. The minimum atomic E-state index is 0.773. The summed E-state index contributed by atoms with van der Waals surface area (Å²) in [6, 6.07) is 7.70. The fourth-order valence-electron chi connectivity index (χ4n) is 2.97. The normalized spacial score (nSPS) is 25.7. The zero-order valence-corrected chi connectivity index (χ0v) is 10.00. The van der Waals surface area contributed by atoms with Gasteiger partial charge in [0.25, 0.3) is 0 Å². The number of aryl methyl sites for hydroxylation is 1. The molecule has 2 heteroatoms. The molecule has 2 nitrogen and oxygen atoms in total. The highest BCUT2D eigenvalue weighted by Crippen LogP contribution is 2.23. The third-order valence-electron chi connectivity index (χ3n) is 3.95. The van der Waals surface area contributed by atoms with Crippen molar-refractivity contribution in [2.24, 2.45) is 0 Å². The van der Waals surface area contributed by atoms with Crippen molar-refractivity contribution in [2.45, 2.75) is 32.4 Å². The van der Waals surface area contributed by atoms with Crippen molar-refractivity contribution in [3.8, 4) is 0 Å². The van der Waals surface area contributed by atoms with E-state index < -0.39 is 0 Å². The summed E-state index contributed by atoms with van der Waals surface area (Å²) < 4.78 is 0. The molecule has 2 aliphatic heterocycles. The minimum Gasteiger partial charge on any atom is -0.315 e. The van der Waals surface area contributed by atoms with Crippen LogP contribution in [0.2, 0.25) is 0 Å². The maximum atomic E-state index is 3.46. The topological polar surface area (TPSA) is 15.3 Å². The van der Waals surface area contributed by atoms with Gasteiger partial charge in [0.2, 0.25) is 0 Å². The van der Waals surface area contributed by atoms with Crippen LogP contribution >= 0.6 is 0 Å². The molecular formula is C14H20N2. The second-order valence-corrected chi connectivity index (χ2v) is 5.14. The predicted molar refractivity (Wildman–Crippen MR) is 66.6 cm³/mol. The maximum Gasteiger partial charge on any atom is 0.0240 e. The largest absolute Gasteiger partial charge is 0.315 e. The van der Waals surface area contributed by atoms with E-state index in [9.17, 15) is 0 Å². The summed E-state index contributed by atoms with van der Waals surface area (Å²) in [7, 11) is 0. The Balaban J connectivity index is 1.78. The third kappa shape index (κ3) is 1.87. The van der Waals surface area contributed by atoms with Crippen LogP contribution in [0.4, 0.5) is 0 Å². The fraction of sp³-hybridized carbons (Fsp3) is 0.571. The first-order valence-corrected chi connectivity index (χ1v) is 6.36. The minimum absolute atomic E-state index is 0.773. The molecular weight excluding hydrogens is 196 g/mol. The summed E-state index contributed by atoms with van der Waals surface area (Å²) in [6.07, 6.45) is 2.55. The van der Waals surface area contributed by atoms with Gasteiger partial charge in [-0.25, -0.2) is 0 Å². The third-order valence-corrected chi connectivity index (χ3v) is 3.95. The van der Waals surface area contributed by atoms with Gasteiger partial charge in [-0.15, -0.1) is 0 Å². The van der Waals surface area contributed by atoms with E-state index in [1.54, 1.807) is 11.1 Å². The van der Waals surface area contributed by atoms with Crippen LogP contribution in [-0.2, 0) is 13.0 Å². The van der Waals surface area contributed by atoms with Gasteiger partial charge in [0.15, 0.2) is 0 Å². The first-order valence-electron chi connectivity index (χ1n) is 6.36. The Morgan fingerprint density at radius 3 is 3.06 bits per heavy atom. The second kappa shape index (κ2) is 4.19. The van der Waals surface area contributed by atoms with Crippen molar-refractivity contribution < 1.29 is 0 Å². The van der Waals surface area contributed by atoms with Gasteiger partial charge in [-0.3, -0.25) is 4.90 Å². The Morgan fingerprint density at radius 1 is 1.31 bits per heavy atom. The van der Waals surface area contributed by atoms with Crippen molar-refractivity contribution in [2.75, 3.05) is 19.6 Å². The number of nitrogens with one attached hydrogen (secondary N) is 1. The number of fused-ring (bicyclic) bond motifs is 1. The standard InChI is InChI=1S/C14H20N2/c1-11-2-3-13-10-16(7-5-12(13)8-11)14-4-6-15-9-14/h2-3,8,14-15H,4-7,9-10H2,1H3.